The maximum absolute atomic E-state index is 12.3. The minimum Gasteiger partial charge on any atom is -0.457 e. The summed E-state index contributed by atoms with van der Waals surface area (Å²) in [5, 5.41) is 2.78. The molecule has 3 aromatic carbocycles. The molecule has 3 rings (SSSR count). The highest BCUT2D eigenvalue weighted by Crippen LogP contribution is 2.21. The lowest BCUT2D eigenvalue weighted by molar-refractivity contribution is -0.116. The smallest absolute Gasteiger partial charge is 0.224 e. The van der Waals surface area contributed by atoms with Crippen LogP contribution in [0.3, 0.4) is 0 Å². The molecule has 136 valence electrons. The minimum absolute atomic E-state index is 0.0767. The zero-order chi connectivity index (χ0) is 19.1. The molecule has 0 aliphatic rings. The van der Waals surface area contributed by atoms with Gasteiger partial charge < -0.3 is 10.1 Å². The molecule has 0 aromatic heterocycles. The number of ether oxygens (including phenoxy) is 1. The topological polar surface area (TPSA) is 55.4 Å². The van der Waals surface area contributed by atoms with Crippen LogP contribution in [-0.2, 0) is 4.79 Å². The highest BCUT2D eigenvalue weighted by Gasteiger charge is 2.10. The summed E-state index contributed by atoms with van der Waals surface area (Å²) in [6, 6.07) is 23.7. The van der Waals surface area contributed by atoms with E-state index in [2.05, 4.69) is 21.2 Å². The van der Waals surface area contributed by atoms with E-state index in [0.717, 1.165) is 10.2 Å². The molecule has 3 aromatic rings. The Hall–Kier alpha value is -2.92. The number of Topliss-reactive ketones (excluding diaryl/α,β-unsaturated/α-hetero) is 1. The first-order valence-corrected chi connectivity index (χ1v) is 9.31. The average Bonchev–Trinajstić information content (AvgIpc) is 2.69. The molecule has 0 atom stereocenters. The molecule has 0 bridgehead atoms. The fourth-order valence-corrected chi connectivity index (χ4v) is 2.73. The lowest BCUT2D eigenvalue weighted by Crippen LogP contribution is -2.13. The van der Waals surface area contributed by atoms with Gasteiger partial charge in [-0.25, -0.2) is 0 Å². The molecule has 0 fully saturated rings. The Bertz CT molecular complexity index is 907. The van der Waals surface area contributed by atoms with Gasteiger partial charge in [0.15, 0.2) is 5.78 Å². The van der Waals surface area contributed by atoms with E-state index in [9.17, 15) is 9.59 Å². The minimum atomic E-state index is -0.185. The molecule has 0 aliphatic heterocycles. The Labute approximate surface area is 166 Å². The molecule has 0 radical (unpaired) electrons. The van der Waals surface area contributed by atoms with Crippen molar-refractivity contribution < 1.29 is 14.3 Å². The van der Waals surface area contributed by atoms with Gasteiger partial charge >= 0.3 is 0 Å². The summed E-state index contributed by atoms with van der Waals surface area (Å²) in [7, 11) is 0. The van der Waals surface area contributed by atoms with Crippen LogP contribution in [0.25, 0.3) is 0 Å². The van der Waals surface area contributed by atoms with Crippen LogP contribution in [0.1, 0.15) is 23.2 Å². The van der Waals surface area contributed by atoms with Gasteiger partial charge in [-0.05, 0) is 60.7 Å². The second-order valence-electron chi connectivity index (χ2n) is 5.92. The predicted octanol–water partition coefficient (Wildman–Crippen LogP) is 5.84. The van der Waals surface area contributed by atoms with E-state index in [1.54, 1.807) is 36.4 Å². The molecule has 1 N–H and O–H groups in total. The maximum atomic E-state index is 12.3. The molecule has 0 aliphatic carbocycles. The van der Waals surface area contributed by atoms with Gasteiger partial charge in [0.25, 0.3) is 0 Å². The largest absolute Gasteiger partial charge is 0.457 e. The fourth-order valence-electron chi connectivity index (χ4n) is 2.46. The third-order valence-electron chi connectivity index (χ3n) is 3.86. The molecule has 5 heteroatoms. The van der Waals surface area contributed by atoms with E-state index < -0.39 is 0 Å². The third kappa shape index (κ3) is 5.79. The Morgan fingerprint density at radius 2 is 1.41 bits per heavy atom. The van der Waals surface area contributed by atoms with Crippen molar-refractivity contribution in [2.75, 3.05) is 5.32 Å². The summed E-state index contributed by atoms with van der Waals surface area (Å²) in [5.74, 6) is 1.13. The van der Waals surface area contributed by atoms with Crippen molar-refractivity contribution in [2.45, 2.75) is 12.8 Å². The second kappa shape index (κ2) is 9.14. The van der Waals surface area contributed by atoms with Crippen LogP contribution < -0.4 is 10.1 Å². The van der Waals surface area contributed by atoms with Crippen LogP contribution in [0.4, 0.5) is 5.69 Å². The number of halogens is 1. The summed E-state index contributed by atoms with van der Waals surface area (Å²) in [6.07, 6.45) is 0.290. The molecule has 4 nitrogen and oxygen atoms in total. The highest BCUT2D eigenvalue weighted by molar-refractivity contribution is 9.10. The Morgan fingerprint density at radius 1 is 0.778 bits per heavy atom. The molecule has 0 saturated heterocycles. The van der Waals surface area contributed by atoms with Gasteiger partial charge in [0, 0.05) is 28.6 Å². The van der Waals surface area contributed by atoms with Crippen LogP contribution in [0.15, 0.2) is 83.3 Å². The average molecular weight is 424 g/mol. The molecular formula is C22H18BrNO3. The van der Waals surface area contributed by atoms with Crippen molar-refractivity contribution in [2.24, 2.45) is 0 Å². The van der Waals surface area contributed by atoms with Crippen LogP contribution in [-0.4, -0.2) is 11.7 Å². The van der Waals surface area contributed by atoms with Crippen LogP contribution in [0.5, 0.6) is 11.5 Å². The number of amides is 1. The van der Waals surface area contributed by atoms with Crippen LogP contribution >= 0.6 is 15.9 Å². The van der Waals surface area contributed by atoms with E-state index in [4.69, 9.17) is 4.74 Å². The second-order valence-corrected chi connectivity index (χ2v) is 6.83. The summed E-state index contributed by atoms with van der Waals surface area (Å²) in [6.45, 7) is 0. The normalized spacial score (nSPS) is 10.3. The number of nitrogens with one attached hydrogen (secondary N) is 1. The molecule has 0 spiro atoms. The third-order valence-corrected chi connectivity index (χ3v) is 4.39. The van der Waals surface area contributed by atoms with Gasteiger partial charge in [0.05, 0.1) is 0 Å². The van der Waals surface area contributed by atoms with Crippen molar-refractivity contribution in [1.29, 1.82) is 0 Å². The monoisotopic (exact) mass is 423 g/mol. The van der Waals surface area contributed by atoms with Crippen molar-refractivity contribution in [3.05, 3.63) is 88.9 Å². The first kappa shape index (κ1) is 18.9. The quantitative estimate of drug-likeness (QED) is 0.485. The molecule has 0 saturated carbocycles. The van der Waals surface area contributed by atoms with Crippen LogP contribution in [0.2, 0.25) is 0 Å². The van der Waals surface area contributed by atoms with Crippen molar-refractivity contribution in [1.82, 2.24) is 0 Å². The number of anilines is 1. The van der Waals surface area contributed by atoms with Crippen LogP contribution in [0, 0.1) is 0 Å². The number of hydrogen-bond donors (Lipinski definition) is 1. The Kier molecular flexibility index (Phi) is 6.39. The van der Waals surface area contributed by atoms with Crippen molar-refractivity contribution >= 4 is 33.3 Å². The molecule has 0 heterocycles. The number of para-hydroxylation sites is 1. The Balaban J connectivity index is 1.50. The van der Waals surface area contributed by atoms with Gasteiger partial charge in [-0.1, -0.05) is 34.1 Å². The summed E-state index contributed by atoms with van der Waals surface area (Å²) in [5.41, 5.74) is 1.27. The van der Waals surface area contributed by atoms with E-state index in [1.165, 1.54) is 0 Å². The van der Waals surface area contributed by atoms with E-state index in [0.29, 0.717) is 17.0 Å². The Morgan fingerprint density at radius 3 is 2.07 bits per heavy atom. The van der Waals surface area contributed by atoms with Crippen molar-refractivity contribution in [3.63, 3.8) is 0 Å². The number of benzene rings is 3. The lowest BCUT2D eigenvalue weighted by Gasteiger charge is -2.07. The molecule has 0 unspecified atom stereocenters. The summed E-state index contributed by atoms with van der Waals surface area (Å²) in [4.78, 5) is 24.3. The SMILES string of the molecule is O=C(CCC(=O)c1ccc(Oc2ccccc2)cc1)Nc1ccc(Br)cc1. The molecule has 1 amide bonds. The standard InChI is InChI=1S/C22H18BrNO3/c23-17-8-10-18(11-9-17)24-22(26)15-14-21(25)16-6-12-20(13-7-16)27-19-4-2-1-3-5-19/h1-13H,14-15H2,(H,24,26). The van der Waals surface area contributed by atoms with E-state index >= 15 is 0 Å². The van der Waals surface area contributed by atoms with E-state index in [-0.39, 0.29) is 24.5 Å². The number of carbonyl (C=O) groups is 2. The number of rotatable bonds is 7. The maximum Gasteiger partial charge on any atom is 0.224 e. The number of ketones is 1. The van der Waals surface area contributed by atoms with E-state index in [1.807, 2.05) is 42.5 Å². The molecular weight excluding hydrogens is 406 g/mol. The zero-order valence-corrected chi connectivity index (χ0v) is 16.1. The van der Waals surface area contributed by atoms with Gasteiger partial charge in [-0.15, -0.1) is 0 Å². The zero-order valence-electron chi connectivity index (χ0n) is 14.5. The number of hydrogen-bond acceptors (Lipinski definition) is 3. The predicted molar refractivity (Wildman–Crippen MR) is 109 cm³/mol. The summed E-state index contributed by atoms with van der Waals surface area (Å²) < 4.78 is 6.65. The highest BCUT2D eigenvalue weighted by atomic mass is 79.9. The van der Waals surface area contributed by atoms with Crippen molar-refractivity contribution in [3.8, 4) is 11.5 Å². The van der Waals surface area contributed by atoms with Gasteiger partial charge in [-0.3, -0.25) is 9.59 Å². The molecule has 27 heavy (non-hydrogen) atoms. The van der Waals surface area contributed by atoms with Gasteiger partial charge in [0.2, 0.25) is 5.91 Å². The lowest BCUT2D eigenvalue weighted by atomic mass is 10.1. The first-order chi connectivity index (χ1) is 13.1. The fraction of sp³-hybridized carbons (Fsp3) is 0.0909. The summed E-state index contributed by atoms with van der Waals surface area (Å²) >= 11 is 3.34. The van der Waals surface area contributed by atoms with Gasteiger partial charge in [0.1, 0.15) is 11.5 Å². The first-order valence-electron chi connectivity index (χ1n) is 8.52. The number of carbonyl (C=O) groups excluding carboxylic acids is 2. The van der Waals surface area contributed by atoms with Gasteiger partial charge in [-0.2, -0.15) is 0 Å².